The second-order valence-electron chi connectivity index (χ2n) is 4.72. The number of hydrogen-bond acceptors (Lipinski definition) is 4. The Morgan fingerprint density at radius 1 is 1.43 bits per heavy atom. The molecule has 0 saturated carbocycles. The Hall–Kier alpha value is -2.08. The van der Waals surface area contributed by atoms with Gasteiger partial charge < -0.3 is 5.32 Å². The normalized spacial score (nSPS) is 10.6. The van der Waals surface area contributed by atoms with E-state index in [1.807, 2.05) is 25.1 Å². The van der Waals surface area contributed by atoms with E-state index in [-0.39, 0.29) is 10.6 Å². The number of anilines is 1. The van der Waals surface area contributed by atoms with Crippen LogP contribution in [0.1, 0.15) is 24.6 Å². The van der Waals surface area contributed by atoms with Crippen LogP contribution in [0.15, 0.2) is 24.3 Å². The molecular weight excluding hydrogens is 292 g/mol. The first kappa shape index (κ1) is 15.3. The summed E-state index contributed by atoms with van der Waals surface area (Å²) in [6.45, 7) is 2.38. The molecule has 7 heteroatoms. The second-order valence-corrected chi connectivity index (χ2v) is 5.13. The Kier molecular flexibility index (Phi) is 4.80. The first-order valence-corrected chi connectivity index (χ1v) is 7.10. The van der Waals surface area contributed by atoms with E-state index in [9.17, 15) is 10.1 Å². The molecule has 1 aromatic carbocycles. The van der Waals surface area contributed by atoms with Gasteiger partial charge >= 0.3 is 5.69 Å². The van der Waals surface area contributed by atoms with Gasteiger partial charge in [-0.3, -0.25) is 10.1 Å². The molecule has 2 rings (SSSR count). The highest BCUT2D eigenvalue weighted by Gasteiger charge is 2.25. The number of rotatable bonds is 6. The van der Waals surface area contributed by atoms with Crippen LogP contribution in [0.25, 0.3) is 0 Å². The number of benzene rings is 1. The molecule has 0 fully saturated rings. The highest BCUT2D eigenvalue weighted by Crippen LogP contribution is 2.29. The molecule has 0 atom stereocenters. The monoisotopic (exact) mass is 308 g/mol. The van der Waals surface area contributed by atoms with Crippen LogP contribution < -0.4 is 5.32 Å². The van der Waals surface area contributed by atoms with E-state index in [2.05, 4.69) is 10.4 Å². The van der Waals surface area contributed by atoms with Gasteiger partial charge in [0, 0.05) is 18.6 Å². The molecule has 21 heavy (non-hydrogen) atoms. The summed E-state index contributed by atoms with van der Waals surface area (Å²) in [7, 11) is 1.70. The van der Waals surface area contributed by atoms with Crippen LogP contribution in [0.4, 0.5) is 11.5 Å². The van der Waals surface area contributed by atoms with Gasteiger partial charge in [-0.1, -0.05) is 43.1 Å². The van der Waals surface area contributed by atoms with Crippen LogP contribution in [-0.4, -0.2) is 14.7 Å². The first-order valence-electron chi connectivity index (χ1n) is 6.72. The topological polar surface area (TPSA) is 73.0 Å². The number of nitrogens with one attached hydrogen (secondary N) is 1. The van der Waals surface area contributed by atoms with Gasteiger partial charge in [-0.15, -0.1) is 0 Å². The Morgan fingerprint density at radius 3 is 2.76 bits per heavy atom. The molecule has 0 aliphatic rings. The maximum Gasteiger partial charge on any atom is 0.334 e. The van der Waals surface area contributed by atoms with Crippen molar-refractivity contribution in [3.63, 3.8) is 0 Å². The maximum absolute atomic E-state index is 11.3. The molecule has 6 nitrogen and oxygen atoms in total. The summed E-state index contributed by atoms with van der Waals surface area (Å²) in [6.07, 6.45) is 1.39. The molecule has 0 spiro atoms. The van der Waals surface area contributed by atoms with Crippen LogP contribution in [0, 0.1) is 10.1 Å². The number of aryl methyl sites for hydroxylation is 2. The smallest absolute Gasteiger partial charge is 0.334 e. The van der Waals surface area contributed by atoms with Gasteiger partial charge in [-0.2, -0.15) is 5.10 Å². The minimum absolute atomic E-state index is 0.0476. The van der Waals surface area contributed by atoms with E-state index < -0.39 is 0 Å². The predicted molar refractivity (Wildman–Crippen MR) is 82.6 cm³/mol. The lowest BCUT2D eigenvalue weighted by Crippen LogP contribution is -2.06. The van der Waals surface area contributed by atoms with Crippen molar-refractivity contribution in [3.8, 4) is 0 Å². The summed E-state index contributed by atoms with van der Waals surface area (Å²) >= 11 is 6.09. The quantitative estimate of drug-likeness (QED) is 0.654. The summed E-state index contributed by atoms with van der Waals surface area (Å²) in [5.74, 6) is 0.406. The fraction of sp³-hybridized carbons (Fsp3) is 0.357. The molecule has 0 aliphatic carbocycles. The first-order chi connectivity index (χ1) is 10.0. The zero-order valence-electron chi connectivity index (χ0n) is 12.0. The molecule has 0 aliphatic heterocycles. The highest BCUT2D eigenvalue weighted by molar-refractivity contribution is 6.31. The van der Waals surface area contributed by atoms with Crippen molar-refractivity contribution in [2.75, 3.05) is 5.32 Å². The van der Waals surface area contributed by atoms with Crippen molar-refractivity contribution in [2.24, 2.45) is 7.05 Å². The molecule has 0 unspecified atom stereocenters. The van der Waals surface area contributed by atoms with E-state index in [1.54, 1.807) is 13.1 Å². The Morgan fingerprint density at radius 2 is 2.14 bits per heavy atom. The lowest BCUT2D eigenvalue weighted by molar-refractivity contribution is -0.384. The van der Waals surface area contributed by atoms with E-state index in [1.165, 1.54) is 4.68 Å². The molecular formula is C14H17ClN4O2. The standard InChI is InChI=1S/C14H17ClN4O2/c1-3-6-12-13(19(20)21)14(18(2)17-12)16-9-10-7-4-5-8-11(10)15/h4-5,7-8,16H,3,6,9H2,1-2H3. The summed E-state index contributed by atoms with van der Waals surface area (Å²) in [6, 6.07) is 7.39. The molecule has 1 heterocycles. The fourth-order valence-corrected chi connectivity index (χ4v) is 2.39. The van der Waals surface area contributed by atoms with E-state index in [0.29, 0.717) is 29.5 Å². The third kappa shape index (κ3) is 3.33. The Labute approximate surface area is 127 Å². The van der Waals surface area contributed by atoms with Crippen LogP contribution in [0.3, 0.4) is 0 Å². The highest BCUT2D eigenvalue weighted by atomic mass is 35.5. The molecule has 1 N–H and O–H groups in total. The number of halogens is 1. The zero-order valence-corrected chi connectivity index (χ0v) is 12.7. The SMILES string of the molecule is CCCc1nn(C)c(NCc2ccccc2Cl)c1[N+](=O)[O-]. The van der Waals surface area contributed by atoms with Crippen molar-refractivity contribution < 1.29 is 4.92 Å². The van der Waals surface area contributed by atoms with Gasteiger partial charge in [-0.25, -0.2) is 4.68 Å². The van der Waals surface area contributed by atoms with Gasteiger partial charge in [0.1, 0.15) is 5.69 Å². The molecule has 0 amide bonds. The zero-order chi connectivity index (χ0) is 15.4. The minimum Gasteiger partial charge on any atom is -0.360 e. The molecule has 1 aromatic heterocycles. The molecule has 112 valence electrons. The van der Waals surface area contributed by atoms with Crippen molar-refractivity contribution in [3.05, 3.63) is 50.7 Å². The van der Waals surface area contributed by atoms with Gasteiger partial charge in [0.2, 0.25) is 5.82 Å². The molecule has 2 aromatic rings. The van der Waals surface area contributed by atoms with Crippen molar-refractivity contribution in [1.82, 2.24) is 9.78 Å². The summed E-state index contributed by atoms with van der Waals surface area (Å²) in [5, 5.41) is 19.2. The van der Waals surface area contributed by atoms with Gasteiger partial charge in [0.05, 0.1) is 4.92 Å². The Bertz CT molecular complexity index is 654. The van der Waals surface area contributed by atoms with Crippen LogP contribution in [0.5, 0.6) is 0 Å². The molecule has 0 bridgehead atoms. The van der Waals surface area contributed by atoms with Crippen LogP contribution in [-0.2, 0) is 20.0 Å². The van der Waals surface area contributed by atoms with Crippen LogP contribution in [0.2, 0.25) is 5.02 Å². The number of hydrogen-bond donors (Lipinski definition) is 1. The lowest BCUT2D eigenvalue weighted by atomic mass is 10.2. The third-order valence-corrected chi connectivity index (χ3v) is 3.53. The van der Waals surface area contributed by atoms with Crippen LogP contribution >= 0.6 is 11.6 Å². The van der Waals surface area contributed by atoms with E-state index >= 15 is 0 Å². The van der Waals surface area contributed by atoms with Crippen molar-refractivity contribution in [1.29, 1.82) is 0 Å². The fourth-order valence-electron chi connectivity index (χ4n) is 2.18. The third-order valence-electron chi connectivity index (χ3n) is 3.17. The van der Waals surface area contributed by atoms with Gasteiger partial charge in [0.15, 0.2) is 0 Å². The summed E-state index contributed by atoms with van der Waals surface area (Å²) in [4.78, 5) is 10.9. The lowest BCUT2D eigenvalue weighted by Gasteiger charge is -2.07. The van der Waals surface area contributed by atoms with Crippen molar-refractivity contribution in [2.45, 2.75) is 26.3 Å². The number of aromatic nitrogens is 2. The average molecular weight is 309 g/mol. The van der Waals surface area contributed by atoms with E-state index in [0.717, 1.165) is 12.0 Å². The maximum atomic E-state index is 11.3. The molecule has 0 radical (unpaired) electrons. The number of nitrogens with zero attached hydrogens (tertiary/aromatic N) is 3. The second kappa shape index (κ2) is 6.58. The molecule has 0 saturated heterocycles. The summed E-state index contributed by atoms with van der Waals surface area (Å²) < 4.78 is 1.51. The largest absolute Gasteiger partial charge is 0.360 e. The van der Waals surface area contributed by atoms with Gasteiger partial charge in [0.25, 0.3) is 0 Å². The van der Waals surface area contributed by atoms with Crippen molar-refractivity contribution >= 4 is 23.1 Å². The predicted octanol–water partition coefficient (Wildman–Crippen LogP) is 3.55. The summed E-state index contributed by atoms with van der Waals surface area (Å²) in [5.41, 5.74) is 1.43. The average Bonchev–Trinajstić information content (AvgIpc) is 2.74. The minimum atomic E-state index is -0.382. The van der Waals surface area contributed by atoms with Gasteiger partial charge in [-0.05, 0) is 18.1 Å². The Balaban J connectivity index is 2.27. The number of nitro groups is 1. The van der Waals surface area contributed by atoms with E-state index in [4.69, 9.17) is 11.6 Å².